The highest BCUT2D eigenvalue weighted by atomic mass is 35.5. The summed E-state index contributed by atoms with van der Waals surface area (Å²) >= 11 is 0. The summed E-state index contributed by atoms with van der Waals surface area (Å²) in [6, 6.07) is 16.4. The fraction of sp³-hybridized carbons (Fsp3) is 0.500. The molecule has 2 aliphatic rings. The van der Waals surface area contributed by atoms with E-state index in [1.54, 1.807) is 0 Å². The molecule has 1 N–H and O–H groups in total. The van der Waals surface area contributed by atoms with Gasteiger partial charge in [-0.05, 0) is 29.7 Å². The van der Waals surface area contributed by atoms with Crippen LogP contribution in [-0.4, -0.2) is 67.1 Å². The maximum absolute atomic E-state index is 10.5. The highest BCUT2D eigenvalue weighted by Gasteiger charge is 2.21. The van der Waals surface area contributed by atoms with Gasteiger partial charge in [0.25, 0.3) is 0 Å². The zero-order valence-electron chi connectivity index (χ0n) is 18.5. The summed E-state index contributed by atoms with van der Waals surface area (Å²) in [6.07, 6.45) is 0.470. The lowest BCUT2D eigenvalue weighted by Gasteiger charge is -2.35. The quantitative estimate of drug-likeness (QED) is 0.582. The first kappa shape index (κ1) is 26.7. The predicted molar refractivity (Wildman–Crippen MR) is 130 cm³/mol. The van der Waals surface area contributed by atoms with Crippen LogP contribution in [0.1, 0.15) is 30.6 Å². The molecule has 2 unspecified atom stereocenters. The van der Waals surface area contributed by atoms with Crippen molar-refractivity contribution >= 4 is 24.8 Å². The van der Waals surface area contributed by atoms with Crippen LogP contribution < -0.4 is 9.47 Å². The van der Waals surface area contributed by atoms with Gasteiger partial charge in [0, 0.05) is 39.3 Å². The Morgan fingerprint density at radius 1 is 0.938 bits per heavy atom. The van der Waals surface area contributed by atoms with Crippen LogP contribution >= 0.6 is 24.8 Å². The van der Waals surface area contributed by atoms with Crippen molar-refractivity contribution in [3.63, 3.8) is 0 Å². The lowest BCUT2D eigenvalue weighted by Crippen LogP contribution is -2.48. The molecule has 4 rings (SSSR count). The molecule has 0 saturated carbocycles. The van der Waals surface area contributed by atoms with E-state index in [0.29, 0.717) is 19.9 Å². The molecule has 178 valence electrons. The van der Waals surface area contributed by atoms with Crippen molar-refractivity contribution in [2.45, 2.75) is 32.1 Å². The van der Waals surface area contributed by atoms with Crippen molar-refractivity contribution in [1.29, 1.82) is 0 Å². The number of halogens is 2. The van der Waals surface area contributed by atoms with Gasteiger partial charge in [-0.25, -0.2) is 0 Å². The number of ether oxygens (including phenoxy) is 3. The minimum atomic E-state index is -0.469. The lowest BCUT2D eigenvalue weighted by molar-refractivity contribution is -0.0284. The fourth-order valence-electron chi connectivity index (χ4n) is 4.12. The Balaban J connectivity index is 0.00000181. The molecule has 2 aromatic carbocycles. The van der Waals surface area contributed by atoms with Crippen molar-refractivity contribution < 1.29 is 19.3 Å². The van der Waals surface area contributed by atoms with Gasteiger partial charge in [0.15, 0.2) is 11.5 Å². The van der Waals surface area contributed by atoms with Crippen LogP contribution in [0.25, 0.3) is 0 Å². The average Bonchev–Trinajstić information content (AvgIpc) is 3.24. The molecule has 0 aliphatic carbocycles. The van der Waals surface area contributed by atoms with Crippen LogP contribution in [0.4, 0.5) is 0 Å². The first-order valence-electron chi connectivity index (χ1n) is 10.9. The van der Waals surface area contributed by atoms with Crippen LogP contribution in [0.5, 0.6) is 11.5 Å². The summed E-state index contributed by atoms with van der Waals surface area (Å²) in [4.78, 5) is 4.77. The zero-order chi connectivity index (χ0) is 20.8. The van der Waals surface area contributed by atoms with Crippen LogP contribution in [-0.2, 0) is 11.3 Å². The van der Waals surface area contributed by atoms with Crippen molar-refractivity contribution in [2.75, 3.05) is 46.1 Å². The van der Waals surface area contributed by atoms with Gasteiger partial charge < -0.3 is 19.3 Å². The lowest BCUT2D eigenvalue weighted by atomic mass is 10.1. The number of aliphatic hydroxyl groups excluding tert-OH is 1. The minimum absolute atomic E-state index is 0. The van der Waals surface area contributed by atoms with Crippen LogP contribution in [0.3, 0.4) is 0 Å². The second-order valence-corrected chi connectivity index (χ2v) is 8.06. The monoisotopic (exact) mass is 484 g/mol. The Kier molecular flexibility index (Phi) is 11.0. The normalized spacial score (nSPS) is 17.8. The first-order valence-corrected chi connectivity index (χ1v) is 10.9. The van der Waals surface area contributed by atoms with E-state index in [1.165, 1.54) is 11.1 Å². The Morgan fingerprint density at radius 2 is 1.62 bits per heavy atom. The third-order valence-electron chi connectivity index (χ3n) is 5.81. The van der Waals surface area contributed by atoms with Gasteiger partial charge in [0.05, 0.1) is 18.8 Å². The van der Waals surface area contributed by atoms with Gasteiger partial charge in [-0.3, -0.25) is 9.80 Å². The molecule has 2 aliphatic heterocycles. The number of fused-ring (bicyclic) bond motifs is 1. The van der Waals surface area contributed by atoms with Crippen molar-refractivity contribution in [3.05, 3.63) is 59.7 Å². The van der Waals surface area contributed by atoms with Crippen LogP contribution in [0.15, 0.2) is 48.5 Å². The third-order valence-corrected chi connectivity index (χ3v) is 5.81. The Bertz CT molecular complexity index is 804. The Hall–Kier alpha value is -1.54. The maximum Gasteiger partial charge on any atom is 0.231 e. The molecule has 2 atom stereocenters. The van der Waals surface area contributed by atoms with E-state index in [1.807, 2.05) is 24.3 Å². The number of piperazine rings is 1. The van der Waals surface area contributed by atoms with Crippen molar-refractivity contribution in [1.82, 2.24) is 9.80 Å². The van der Waals surface area contributed by atoms with E-state index in [-0.39, 0.29) is 30.9 Å². The molecular weight excluding hydrogens is 451 g/mol. The zero-order valence-corrected chi connectivity index (χ0v) is 20.2. The second kappa shape index (κ2) is 13.2. The number of hydrogen-bond donors (Lipinski definition) is 1. The molecule has 0 spiro atoms. The summed E-state index contributed by atoms with van der Waals surface area (Å²) in [5.74, 6) is 1.67. The van der Waals surface area contributed by atoms with E-state index in [9.17, 15) is 5.11 Å². The molecule has 0 radical (unpaired) electrons. The minimum Gasteiger partial charge on any atom is -0.454 e. The van der Waals surface area contributed by atoms with Gasteiger partial charge in [0.2, 0.25) is 6.79 Å². The number of hydrogen-bond acceptors (Lipinski definition) is 6. The summed E-state index contributed by atoms with van der Waals surface area (Å²) in [6.45, 7) is 8.25. The van der Waals surface area contributed by atoms with Crippen molar-refractivity contribution in [2.24, 2.45) is 0 Å². The molecule has 6 nitrogen and oxygen atoms in total. The number of β-amino-alcohol motifs (C(OH)–C–C–N with tert-alkyl or cyclic N) is 1. The predicted octanol–water partition coefficient (Wildman–Crippen LogP) is 3.91. The number of rotatable bonds is 9. The molecule has 2 heterocycles. The first-order chi connectivity index (χ1) is 14.7. The van der Waals surface area contributed by atoms with E-state index < -0.39 is 6.10 Å². The number of benzene rings is 2. The van der Waals surface area contributed by atoms with Gasteiger partial charge in [-0.1, -0.05) is 43.3 Å². The SMILES string of the molecule is CCC(OCC(O)CN1CCN(Cc2ccc3c(c2)OCO3)CC1)c1ccccc1.Cl.Cl. The number of aliphatic hydroxyl groups is 1. The molecule has 0 amide bonds. The van der Waals surface area contributed by atoms with Crippen molar-refractivity contribution in [3.8, 4) is 11.5 Å². The Labute approximate surface area is 203 Å². The van der Waals surface area contributed by atoms with E-state index >= 15 is 0 Å². The van der Waals surface area contributed by atoms with Crippen LogP contribution in [0, 0.1) is 0 Å². The molecule has 32 heavy (non-hydrogen) atoms. The third kappa shape index (κ3) is 7.24. The summed E-state index contributed by atoms with van der Waals surface area (Å²) in [7, 11) is 0. The summed E-state index contributed by atoms with van der Waals surface area (Å²) in [5, 5.41) is 10.5. The average molecular weight is 485 g/mol. The van der Waals surface area contributed by atoms with Gasteiger partial charge >= 0.3 is 0 Å². The molecular formula is C24H34Cl2N2O4. The second-order valence-electron chi connectivity index (χ2n) is 8.06. The standard InChI is InChI=1S/C24H32N2O4.2ClH/c1-2-22(20-6-4-3-5-7-20)28-17-21(27)16-26-12-10-25(11-13-26)15-19-8-9-23-24(14-19)30-18-29-23;;/h3-9,14,21-22,27H,2,10-13,15-18H2,1H3;2*1H. The molecule has 0 aromatic heterocycles. The smallest absolute Gasteiger partial charge is 0.231 e. The van der Waals surface area contributed by atoms with E-state index in [0.717, 1.165) is 50.6 Å². The van der Waals surface area contributed by atoms with Crippen LogP contribution in [0.2, 0.25) is 0 Å². The van der Waals surface area contributed by atoms with Gasteiger partial charge in [-0.15, -0.1) is 24.8 Å². The fourth-order valence-corrected chi connectivity index (χ4v) is 4.12. The highest BCUT2D eigenvalue weighted by Crippen LogP contribution is 2.32. The molecule has 8 heteroatoms. The maximum atomic E-state index is 10.5. The molecule has 0 bridgehead atoms. The topological polar surface area (TPSA) is 54.4 Å². The summed E-state index contributed by atoms with van der Waals surface area (Å²) < 4.78 is 16.9. The molecule has 1 saturated heterocycles. The Morgan fingerprint density at radius 3 is 2.34 bits per heavy atom. The molecule has 1 fully saturated rings. The van der Waals surface area contributed by atoms with Gasteiger partial charge in [-0.2, -0.15) is 0 Å². The summed E-state index contributed by atoms with van der Waals surface area (Å²) in [5.41, 5.74) is 2.41. The van der Waals surface area contributed by atoms with E-state index in [4.69, 9.17) is 14.2 Å². The van der Waals surface area contributed by atoms with Gasteiger partial charge in [0.1, 0.15) is 0 Å². The highest BCUT2D eigenvalue weighted by molar-refractivity contribution is 5.85. The largest absolute Gasteiger partial charge is 0.454 e. The molecule has 2 aromatic rings. The van der Waals surface area contributed by atoms with E-state index in [2.05, 4.69) is 41.0 Å². The number of nitrogens with zero attached hydrogens (tertiary/aromatic N) is 2.